The fraction of sp³-hybridized carbons (Fsp3) is 0.300. The summed E-state index contributed by atoms with van der Waals surface area (Å²) in [5.74, 6) is -0.646. The van der Waals surface area contributed by atoms with Crippen LogP contribution in [0.3, 0.4) is 0 Å². The molecule has 0 bridgehead atoms. The number of para-hydroxylation sites is 1. The quantitative estimate of drug-likeness (QED) is 0.540. The predicted molar refractivity (Wildman–Crippen MR) is 107 cm³/mol. The Morgan fingerprint density at radius 1 is 1.18 bits per heavy atom. The van der Waals surface area contributed by atoms with Crippen molar-refractivity contribution in [2.45, 2.75) is 32.4 Å². The van der Waals surface area contributed by atoms with Gasteiger partial charge in [0.2, 0.25) is 11.8 Å². The van der Waals surface area contributed by atoms with Gasteiger partial charge in [0.05, 0.1) is 11.3 Å². The first-order chi connectivity index (χ1) is 13.4. The van der Waals surface area contributed by atoms with Crippen molar-refractivity contribution in [3.8, 4) is 0 Å². The lowest BCUT2D eigenvalue weighted by Gasteiger charge is -2.30. The summed E-state index contributed by atoms with van der Waals surface area (Å²) in [7, 11) is 1.51. The fourth-order valence-corrected chi connectivity index (χ4v) is 3.10. The van der Waals surface area contributed by atoms with E-state index in [9.17, 15) is 19.7 Å². The van der Waals surface area contributed by atoms with Crippen LogP contribution < -0.4 is 5.32 Å². The van der Waals surface area contributed by atoms with Crippen LogP contribution in [0.2, 0.25) is 5.02 Å². The zero-order valence-electron chi connectivity index (χ0n) is 15.7. The second-order valence-corrected chi connectivity index (χ2v) is 6.69. The zero-order chi connectivity index (χ0) is 20.7. The van der Waals surface area contributed by atoms with Crippen LogP contribution in [0.15, 0.2) is 48.5 Å². The number of rotatable bonds is 8. The molecular weight excluding hydrogens is 382 g/mol. The number of nitrogens with one attached hydrogen (secondary N) is 1. The van der Waals surface area contributed by atoms with Crippen LogP contribution in [0.5, 0.6) is 0 Å². The largest absolute Gasteiger partial charge is 0.357 e. The lowest BCUT2D eigenvalue weighted by Crippen LogP contribution is -2.48. The minimum absolute atomic E-state index is 0.115. The molecule has 148 valence electrons. The van der Waals surface area contributed by atoms with E-state index in [4.69, 9.17) is 11.6 Å². The van der Waals surface area contributed by atoms with Gasteiger partial charge in [-0.1, -0.05) is 48.9 Å². The van der Waals surface area contributed by atoms with Gasteiger partial charge in [-0.15, -0.1) is 0 Å². The van der Waals surface area contributed by atoms with Crippen molar-refractivity contribution >= 4 is 29.1 Å². The highest BCUT2D eigenvalue weighted by molar-refractivity contribution is 6.30. The van der Waals surface area contributed by atoms with Crippen LogP contribution in [0.25, 0.3) is 0 Å². The molecule has 0 heterocycles. The van der Waals surface area contributed by atoms with E-state index in [1.54, 1.807) is 42.5 Å². The highest BCUT2D eigenvalue weighted by Gasteiger charge is 2.29. The van der Waals surface area contributed by atoms with Crippen LogP contribution in [0, 0.1) is 10.1 Å². The second kappa shape index (κ2) is 9.85. The Labute approximate surface area is 168 Å². The first kappa shape index (κ1) is 21.4. The maximum absolute atomic E-state index is 13.1. The van der Waals surface area contributed by atoms with Gasteiger partial charge < -0.3 is 10.2 Å². The molecule has 1 N–H and O–H groups in total. The minimum Gasteiger partial charge on any atom is -0.357 e. The van der Waals surface area contributed by atoms with Crippen molar-refractivity contribution in [1.29, 1.82) is 0 Å². The SMILES string of the molecule is CC[C@@H](C(=O)NC)N(Cc1ccc(Cl)cc1)C(=O)Cc1ccccc1[N+](=O)[O-]. The maximum Gasteiger partial charge on any atom is 0.273 e. The molecule has 0 radical (unpaired) electrons. The summed E-state index contributed by atoms with van der Waals surface area (Å²) < 4.78 is 0. The number of benzene rings is 2. The second-order valence-electron chi connectivity index (χ2n) is 6.25. The monoisotopic (exact) mass is 403 g/mol. The molecule has 2 amide bonds. The average molecular weight is 404 g/mol. The van der Waals surface area contributed by atoms with E-state index in [2.05, 4.69) is 5.32 Å². The van der Waals surface area contributed by atoms with E-state index in [1.807, 2.05) is 6.92 Å². The van der Waals surface area contributed by atoms with Crippen molar-refractivity contribution in [3.63, 3.8) is 0 Å². The highest BCUT2D eigenvalue weighted by Crippen LogP contribution is 2.21. The van der Waals surface area contributed by atoms with Crippen molar-refractivity contribution in [2.75, 3.05) is 7.05 Å². The van der Waals surface area contributed by atoms with Gasteiger partial charge in [-0.25, -0.2) is 0 Å². The number of nitrogens with zero attached hydrogens (tertiary/aromatic N) is 2. The van der Waals surface area contributed by atoms with Gasteiger partial charge >= 0.3 is 0 Å². The Morgan fingerprint density at radius 3 is 2.39 bits per heavy atom. The molecule has 0 aromatic heterocycles. The molecule has 0 saturated heterocycles. The lowest BCUT2D eigenvalue weighted by molar-refractivity contribution is -0.385. The Bertz CT molecular complexity index is 855. The number of carbonyl (C=O) groups is 2. The summed E-state index contributed by atoms with van der Waals surface area (Å²) in [6, 6.07) is 12.4. The minimum atomic E-state index is -0.684. The molecule has 8 heteroatoms. The molecule has 2 aromatic carbocycles. The number of likely N-dealkylation sites (N-methyl/N-ethyl adjacent to an activating group) is 1. The summed E-state index contributed by atoms with van der Waals surface area (Å²) in [6.07, 6.45) is 0.244. The zero-order valence-corrected chi connectivity index (χ0v) is 16.5. The Hall–Kier alpha value is -2.93. The van der Waals surface area contributed by atoms with E-state index in [0.29, 0.717) is 17.0 Å². The molecular formula is C20H22ClN3O4. The van der Waals surface area contributed by atoms with Gasteiger partial charge in [-0.2, -0.15) is 0 Å². The van der Waals surface area contributed by atoms with Crippen LogP contribution in [-0.4, -0.2) is 34.7 Å². The van der Waals surface area contributed by atoms with Gasteiger partial charge in [0.25, 0.3) is 5.69 Å². The van der Waals surface area contributed by atoms with Crippen molar-refractivity contribution in [1.82, 2.24) is 10.2 Å². The Balaban J connectivity index is 2.34. The lowest BCUT2D eigenvalue weighted by atomic mass is 10.1. The summed E-state index contributed by atoms with van der Waals surface area (Å²) in [4.78, 5) is 37.6. The van der Waals surface area contributed by atoms with Gasteiger partial charge in [-0.3, -0.25) is 19.7 Å². The molecule has 0 aliphatic carbocycles. The van der Waals surface area contributed by atoms with Gasteiger partial charge in [0, 0.05) is 30.2 Å². The predicted octanol–water partition coefficient (Wildman–Crippen LogP) is 3.34. The summed E-state index contributed by atoms with van der Waals surface area (Å²) in [5, 5.41) is 14.4. The summed E-state index contributed by atoms with van der Waals surface area (Å²) >= 11 is 5.92. The molecule has 2 aromatic rings. The molecule has 0 saturated carbocycles. The van der Waals surface area contributed by atoms with E-state index in [-0.39, 0.29) is 30.5 Å². The van der Waals surface area contributed by atoms with E-state index in [0.717, 1.165) is 5.56 Å². The summed E-state index contributed by atoms with van der Waals surface area (Å²) in [5.41, 5.74) is 1.00. The number of nitro benzene ring substituents is 1. The van der Waals surface area contributed by atoms with Crippen LogP contribution in [0.1, 0.15) is 24.5 Å². The number of halogens is 1. The van der Waals surface area contributed by atoms with Crippen molar-refractivity contribution < 1.29 is 14.5 Å². The normalized spacial score (nSPS) is 11.5. The topological polar surface area (TPSA) is 92.6 Å². The third kappa shape index (κ3) is 5.29. The van der Waals surface area contributed by atoms with Gasteiger partial charge in [0.1, 0.15) is 6.04 Å². The molecule has 2 rings (SSSR count). The smallest absolute Gasteiger partial charge is 0.273 e. The molecule has 0 aliphatic rings. The van der Waals surface area contributed by atoms with Crippen LogP contribution in [-0.2, 0) is 22.6 Å². The third-order valence-corrected chi connectivity index (χ3v) is 4.68. The van der Waals surface area contributed by atoms with E-state index >= 15 is 0 Å². The fourth-order valence-electron chi connectivity index (χ4n) is 2.98. The first-order valence-electron chi connectivity index (χ1n) is 8.85. The van der Waals surface area contributed by atoms with Gasteiger partial charge in [-0.05, 0) is 24.1 Å². The number of amides is 2. The van der Waals surface area contributed by atoms with E-state index in [1.165, 1.54) is 18.0 Å². The van der Waals surface area contributed by atoms with E-state index < -0.39 is 11.0 Å². The summed E-state index contributed by atoms with van der Waals surface area (Å²) in [6.45, 7) is 2.01. The maximum atomic E-state index is 13.1. The molecule has 28 heavy (non-hydrogen) atoms. The van der Waals surface area contributed by atoms with Gasteiger partial charge in [0.15, 0.2) is 0 Å². The average Bonchev–Trinajstić information content (AvgIpc) is 2.69. The van der Waals surface area contributed by atoms with Crippen molar-refractivity contribution in [2.24, 2.45) is 0 Å². The van der Waals surface area contributed by atoms with Crippen LogP contribution >= 0.6 is 11.6 Å². The molecule has 1 atom stereocenters. The molecule has 0 fully saturated rings. The number of carbonyl (C=O) groups excluding carboxylic acids is 2. The standard InChI is InChI=1S/C20H22ClN3O4/c1-3-17(20(26)22-2)23(13-14-8-10-16(21)11-9-14)19(25)12-15-6-4-5-7-18(15)24(27)28/h4-11,17H,3,12-13H2,1-2H3,(H,22,26)/t17-/m0/s1. The molecule has 0 aliphatic heterocycles. The first-order valence-corrected chi connectivity index (χ1v) is 9.23. The number of hydrogen-bond donors (Lipinski definition) is 1. The third-order valence-electron chi connectivity index (χ3n) is 4.43. The Morgan fingerprint density at radius 2 is 1.82 bits per heavy atom. The van der Waals surface area contributed by atoms with Crippen molar-refractivity contribution in [3.05, 3.63) is 74.8 Å². The number of nitro groups is 1. The van der Waals surface area contributed by atoms with Crippen LogP contribution in [0.4, 0.5) is 5.69 Å². The molecule has 0 unspecified atom stereocenters. The highest BCUT2D eigenvalue weighted by atomic mass is 35.5. The molecule has 0 spiro atoms. The molecule has 7 nitrogen and oxygen atoms in total. The number of hydrogen-bond acceptors (Lipinski definition) is 4. The Kier molecular flexibility index (Phi) is 7.52.